The summed E-state index contributed by atoms with van der Waals surface area (Å²) in [6, 6.07) is 5.03. The molecule has 2 saturated carbocycles. The molecule has 7 nitrogen and oxygen atoms in total. The number of aromatic nitrogens is 2. The van der Waals surface area contributed by atoms with Crippen molar-refractivity contribution in [3.05, 3.63) is 35.2 Å². The van der Waals surface area contributed by atoms with Crippen molar-refractivity contribution in [1.82, 2.24) is 20.4 Å². The fraction of sp³-hybridized carbons (Fsp3) is 0.545. The van der Waals surface area contributed by atoms with Crippen LogP contribution in [-0.2, 0) is 11.3 Å². The SMILES string of the molecule is CC1CC1C(=O)N[C@@H]1CCCCC1N1Cc2ccc(-c3nnc(C(F)F)o3)cc2C1=O. The van der Waals surface area contributed by atoms with Crippen molar-refractivity contribution in [1.29, 1.82) is 0 Å². The van der Waals surface area contributed by atoms with E-state index in [9.17, 15) is 18.4 Å². The van der Waals surface area contributed by atoms with Crippen LogP contribution >= 0.6 is 0 Å². The number of alkyl halides is 2. The predicted molar refractivity (Wildman–Crippen MR) is 106 cm³/mol. The Morgan fingerprint density at radius 2 is 2.03 bits per heavy atom. The molecule has 31 heavy (non-hydrogen) atoms. The Balaban J connectivity index is 1.35. The summed E-state index contributed by atoms with van der Waals surface area (Å²) in [5, 5.41) is 10.2. The molecule has 2 aliphatic carbocycles. The highest BCUT2D eigenvalue weighted by Gasteiger charge is 2.43. The first-order chi connectivity index (χ1) is 14.9. The molecule has 9 heteroatoms. The minimum absolute atomic E-state index is 0.0364. The van der Waals surface area contributed by atoms with E-state index < -0.39 is 12.3 Å². The molecule has 1 aliphatic heterocycles. The van der Waals surface area contributed by atoms with Gasteiger partial charge in [-0.15, -0.1) is 10.2 Å². The van der Waals surface area contributed by atoms with Gasteiger partial charge in [-0.1, -0.05) is 25.8 Å². The number of carbonyl (C=O) groups excluding carboxylic acids is 2. The molecule has 2 heterocycles. The highest BCUT2D eigenvalue weighted by molar-refractivity contribution is 5.99. The number of amides is 2. The van der Waals surface area contributed by atoms with Gasteiger partial charge >= 0.3 is 6.43 Å². The number of fused-ring (bicyclic) bond motifs is 1. The highest BCUT2D eigenvalue weighted by atomic mass is 19.3. The van der Waals surface area contributed by atoms with Gasteiger partial charge in [0.15, 0.2) is 0 Å². The Bertz CT molecular complexity index is 1020. The van der Waals surface area contributed by atoms with Crippen LogP contribution in [0.4, 0.5) is 8.78 Å². The second kappa shape index (κ2) is 7.69. The maximum atomic E-state index is 13.2. The molecule has 3 unspecified atom stereocenters. The van der Waals surface area contributed by atoms with Crippen molar-refractivity contribution in [3.63, 3.8) is 0 Å². The zero-order valence-corrected chi connectivity index (χ0v) is 17.2. The van der Waals surface area contributed by atoms with Crippen molar-refractivity contribution in [2.75, 3.05) is 0 Å². The summed E-state index contributed by atoms with van der Waals surface area (Å²) < 4.78 is 30.5. The van der Waals surface area contributed by atoms with Crippen molar-refractivity contribution >= 4 is 11.8 Å². The van der Waals surface area contributed by atoms with Gasteiger partial charge in [-0.05, 0) is 42.9 Å². The molecule has 1 aromatic carbocycles. The number of halogens is 2. The molecule has 0 radical (unpaired) electrons. The van der Waals surface area contributed by atoms with Crippen LogP contribution < -0.4 is 5.32 Å². The molecule has 3 aliphatic rings. The summed E-state index contributed by atoms with van der Waals surface area (Å²) in [7, 11) is 0. The molecule has 0 spiro atoms. The smallest absolute Gasteiger partial charge is 0.314 e. The monoisotopic (exact) mass is 430 g/mol. The van der Waals surface area contributed by atoms with E-state index >= 15 is 0 Å². The van der Waals surface area contributed by atoms with E-state index in [1.165, 1.54) is 0 Å². The van der Waals surface area contributed by atoms with Crippen LogP contribution in [0.5, 0.6) is 0 Å². The van der Waals surface area contributed by atoms with E-state index in [1.54, 1.807) is 18.2 Å². The number of hydrogen-bond acceptors (Lipinski definition) is 5. The zero-order chi connectivity index (χ0) is 21.7. The number of carbonyl (C=O) groups is 2. The first-order valence-corrected chi connectivity index (χ1v) is 10.8. The number of nitrogens with one attached hydrogen (secondary N) is 1. The van der Waals surface area contributed by atoms with E-state index in [0.29, 0.717) is 23.6 Å². The Kier molecular flexibility index (Phi) is 4.98. The van der Waals surface area contributed by atoms with E-state index in [-0.39, 0.29) is 35.7 Å². The molecule has 2 fully saturated rings. The minimum Gasteiger partial charge on any atom is -0.415 e. The van der Waals surface area contributed by atoms with Gasteiger partial charge in [0, 0.05) is 29.6 Å². The van der Waals surface area contributed by atoms with E-state index in [1.807, 2.05) is 4.90 Å². The van der Waals surface area contributed by atoms with Gasteiger partial charge in [0.2, 0.25) is 11.8 Å². The molecule has 2 amide bonds. The van der Waals surface area contributed by atoms with Gasteiger partial charge in [0.25, 0.3) is 11.8 Å². The summed E-state index contributed by atoms with van der Waals surface area (Å²) in [4.78, 5) is 27.6. The minimum atomic E-state index is -2.84. The number of hydrogen-bond donors (Lipinski definition) is 1. The first-order valence-electron chi connectivity index (χ1n) is 10.8. The molecule has 1 aromatic heterocycles. The molecule has 0 saturated heterocycles. The second-order valence-corrected chi connectivity index (χ2v) is 8.84. The van der Waals surface area contributed by atoms with Crippen LogP contribution in [0.3, 0.4) is 0 Å². The molecule has 0 bridgehead atoms. The van der Waals surface area contributed by atoms with Crippen LogP contribution in [0.2, 0.25) is 0 Å². The van der Waals surface area contributed by atoms with Gasteiger partial charge in [-0.2, -0.15) is 8.78 Å². The lowest BCUT2D eigenvalue weighted by Crippen LogP contribution is -2.53. The lowest BCUT2D eigenvalue weighted by Gasteiger charge is -2.38. The maximum Gasteiger partial charge on any atom is 0.314 e. The van der Waals surface area contributed by atoms with Crippen LogP contribution in [0.1, 0.15) is 67.3 Å². The Morgan fingerprint density at radius 1 is 1.26 bits per heavy atom. The van der Waals surface area contributed by atoms with E-state index in [4.69, 9.17) is 4.42 Å². The lowest BCUT2D eigenvalue weighted by molar-refractivity contribution is -0.124. The van der Waals surface area contributed by atoms with Gasteiger partial charge < -0.3 is 14.6 Å². The zero-order valence-electron chi connectivity index (χ0n) is 17.2. The molecule has 4 atom stereocenters. The molecule has 2 aromatic rings. The van der Waals surface area contributed by atoms with E-state index in [0.717, 1.165) is 37.7 Å². The van der Waals surface area contributed by atoms with Gasteiger partial charge in [0.05, 0.1) is 6.04 Å². The predicted octanol–water partition coefficient (Wildman–Crippen LogP) is 3.71. The van der Waals surface area contributed by atoms with Crippen LogP contribution in [0.25, 0.3) is 11.5 Å². The molecule has 1 N–H and O–H groups in total. The van der Waals surface area contributed by atoms with Gasteiger partial charge in [-0.25, -0.2) is 0 Å². The third-order valence-corrected chi connectivity index (χ3v) is 6.72. The number of nitrogens with zero attached hydrogens (tertiary/aromatic N) is 3. The van der Waals surface area contributed by atoms with Crippen molar-refractivity contribution < 1.29 is 22.8 Å². The standard InChI is InChI=1S/C22H24F2N4O3/c1-11-8-14(11)19(29)25-16-4-2-3-5-17(16)28-10-13-7-6-12(9-15(13)22(28)30)20-26-27-21(31-20)18(23)24/h6-7,9,11,14,16-18H,2-5,8,10H2,1H3,(H,25,29)/t11?,14?,16-,17?/m1/s1. The average Bonchev–Trinajstić information content (AvgIpc) is 3.16. The quantitative estimate of drug-likeness (QED) is 0.781. The van der Waals surface area contributed by atoms with Crippen LogP contribution in [0, 0.1) is 11.8 Å². The summed E-state index contributed by atoms with van der Waals surface area (Å²) in [5.41, 5.74) is 1.82. The molecular weight excluding hydrogens is 406 g/mol. The first kappa shape index (κ1) is 20.1. The third-order valence-electron chi connectivity index (χ3n) is 6.72. The highest BCUT2D eigenvalue weighted by Crippen LogP contribution is 2.39. The number of rotatable bonds is 5. The third kappa shape index (κ3) is 3.70. The molecule has 164 valence electrons. The lowest BCUT2D eigenvalue weighted by atomic mass is 9.89. The summed E-state index contributed by atoms with van der Waals surface area (Å²) >= 11 is 0. The van der Waals surface area contributed by atoms with Crippen molar-refractivity contribution in [2.45, 2.75) is 64.1 Å². The Morgan fingerprint density at radius 3 is 2.74 bits per heavy atom. The van der Waals surface area contributed by atoms with E-state index in [2.05, 4.69) is 22.4 Å². The largest absolute Gasteiger partial charge is 0.415 e. The summed E-state index contributed by atoms with van der Waals surface area (Å²) in [5.74, 6) is -0.254. The summed E-state index contributed by atoms with van der Waals surface area (Å²) in [6.07, 6.45) is 1.85. The fourth-order valence-corrected chi connectivity index (χ4v) is 4.79. The summed E-state index contributed by atoms with van der Waals surface area (Å²) in [6.45, 7) is 2.55. The van der Waals surface area contributed by atoms with Crippen LogP contribution in [0.15, 0.2) is 22.6 Å². The number of benzene rings is 1. The van der Waals surface area contributed by atoms with Crippen LogP contribution in [-0.4, -0.2) is 39.0 Å². The second-order valence-electron chi connectivity index (χ2n) is 8.84. The normalized spacial score (nSPS) is 27.5. The molecular formula is C22H24F2N4O3. The molecule has 5 rings (SSSR count). The Labute approximate surface area is 178 Å². The van der Waals surface area contributed by atoms with Gasteiger partial charge in [-0.3, -0.25) is 9.59 Å². The maximum absolute atomic E-state index is 13.2. The van der Waals surface area contributed by atoms with Crippen molar-refractivity contribution in [3.8, 4) is 11.5 Å². The fourth-order valence-electron chi connectivity index (χ4n) is 4.79. The van der Waals surface area contributed by atoms with Gasteiger partial charge in [0.1, 0.15) is 0 Å². The topological polar surface area (TPSA) is 88.3 Å². The van der Waals surface area contributed by atoms with Crippen molar-refractivity contribution in [2.24, 2.45) is 11.8 Å². The Hall–Kier alpha value is -2.84. The average molecular weight is 430 g/mol.